The van der Waals surface area contributed by atoms with Gasteiger partial charge in [0.2, 0.25) is 0 Å². The Morgan fingerprint density at radius 3 is 2.41 bits per heavy atom. The van der Waals surface area contributed by atoms with Gasteiger partial charge in [-0.05, 0) is 44.5 Å². The number of rotatable bonds is 8. The van der Waals surface area contributed by atoms with Gasteiger partial charge in [-0.15, -0.1) is 0 Å². The zero-order chi connectivity index (χ0) is 12.5. The van der Waals surface area contributed by atoms with Crippen LogP contribution in [0.4, 0.5) is 5.69 Å². The minimum Gasteiger partial charge on any atom is -0.380 e. The highest BCUT2D eigenvalue weighted by Crippen LogP contribution is 2.15. The van der Waals surface area contributed by atoms with Gasteiger partial charge in [-0.2, -0.15) is 0 Å². The first-order chi connectivity index (χ1) is 8.31. The Bertz CT molecular complexity index is 298. The van der Waals surface area contributed by atoms with E-state index >= 15 is 0 Å². The lowest BCUT2D eigenvalue weighted by Gasteiger charge is -2.23. The van der Waals surface area contributed by atoms with Crippen molar-refractivity contribution in [2.45, 2.75) is 20.3 Å². The lowest BCUT2D eigenvalue weighted by atomic mass is 10.1. The van der Waals surface area contributed by atoms with Crippen molar-refractivity contribution in [1.82, 2.24) is 0 Å². The summed E-state index contributed by atoms with van der Waals surface area (Å²) in [4.78, 5) is 2.32. The summed E-state index contributed by atoms with van der Waals surface area (Å²) in [5.41, 5.74) is 8.10. The topological polar surface area (TPSA) is 38.5 Å². The van der Waals surface area contributed by atoms with Gasteiger partial charge < -0.3 is 15.4 Å². The normalized spacial score (nSPS) is 10.5. The Hall–Kier alpha value is -1.06. The molecule has 2 N–H and O–H groups in total. The summed E-state index contributed by atoms with van der Waals surface area (Å²) in [5.74, 6) is 0. The molecule has 1 aromatic carbocycles. The van der Waals surface area contributed by atoms with E-state index in [-0.39, 0.29) is 0 Å². The Balaban J connectivity index is 2.55. The van der Waals surface area contributed by atoms with Gasteiger partial charge in [0.15, 0.2) is 0 Å². The van der Waals surface area contributed by atoms with E-state index in [1.54, 1.807) is 0 Å². The standard InChI is InChI=1S/C14H24N2O/c1-3-16(11-12-17-4-2)14-7-5-13(6-8-14)9-10-15/h5-8H,3-4,9-12,15H2,1-2H3. The monoisotopic (exact) mass is 236 g/mol. The van der Waals surface area contributed by atoms with Crippen LogP contribution in [0.5, 0.6) is 0 Å². The van der Waals surface area contributed by atoms with Crippen LogP contribution < -0.4 is 10.6 Å². The Morgan fingerprint density at radius 2 is 1.88 bits per heavy atom. The Labute approximate surface area is 105 Å². The van der Waals surface area contributed by atoms with Crippen LogP contribution in [-0.2, 0) is 11.2 Å². The second-order valence-corrected chi connectivity index (χ2v) is 3.98. The third kappa shape index (κ3) is 4.75. The summed E-state index contributed by atoms with van der Waals surface area (Å²) in [5, 5.41) is 0. The molecule has 3 heteroatoms. The molecule has 0 atom stereocenters. The molecule has 0 saturated heterocycles. The number of hydrogen-bond acceptors (Lipinski definition) is 3. The molecule has 0 unspecified atom stereocenters. The first-order valence-electron chi connectivity index (χ1n) is 6.43. The molecule has 0 aliphatic carbocycles. The van der Waals surface area contributed by atoms with Gasteiger partial charge in [0.25, 0.3) is 0 Å². The number of nitrogens with two attached hydrogens (primary N) is 1. The Kier molecular flexibility index (Phi) is 6.67. The third-order valence-corrected chi connectivity index (χ3v) is 2.83. The quantitative estimate of drug-likeness (QED) is 0.702. The van der Waals surface area contributed by atoms with Gasteiger partial charge in [-0.25, -0.2) is 0 Å². The molecule has 0 amide bonds. The van der Waals surface area contributed by atoms with Crippen LogP contribution in [0.2, 0.25) is 0 Å². The molecule has 1 aromatic rings. The summed E-state index contributed by atoms with van der Waals surface area (Å²) >= 11 is 0. The molecule has 3 nitrogen and oxygen atoms in total. The minimum atomic E-state index is 0.710. The maximum atomic E-state index is 5.54. The average molecular weight is 236 g/mol. The van der Waals surface area contributed by atoms with Crippen LogP contribution in [-0.4, -0.2) is 32.8 Å². The minimum absolute atomic E-state index is 0.710. The van der Waals surface area contributed by atoms with Crippen molar-refractivity contribution >= 4 is 5.69 Å². The molecular formula is C14H24N2O. The molecule has 0 saturated carbocycles. The highest BCUT2D eigenvalue weighted by Gasteiger charge is 2.03. The predicted molar refractivity (Wildman–Crippen MR) is 73.6 cm³/mol. The van der Waals surface area contributed by atoms with Gasteiger partial charge >= 0.3 is 0 Å². The first kappa shape index (κ1) is 14.0. The van der Waals surface area contributed by atoms with Crippen LogP contribution in [0.1, 0.15) is 19.4 Å². The maximum Gasteiger partial charge on any atom is 0.0641 e. The van der Waals surface area contributed by atoms with Crippen molar-refractivity contribution in [1.29, 1.82) is 0 Å². The van der Waals surface area contributed by atoms with Crippen molar-refractivity contribution in [3.8, 4) is 0 Å². The second kappa shape index (κ2) is 8.09. The maximum absolute atomic E-state index is 5.54. The second-order valence-electron chi connectivity index (χ2n) is 3.98. The number of nitrogens with zero attached hydrogens (tertiary/aromatic N) is 1. The average Bonchev–Trinajstić information content (AvgIpc) is 2.36. The number of ether oxygens (including phenoxy) is 1. The third-order valence-electron chi connectivity index (χ3n) is 2.83. The molecule has 0 radical (unpaired) electrons. The molecule has 96 valence electrons. The lowest BCUT2D eigenvalue weighted by Crippen LogP contribution is -2.27. The molecule has 0 aliphatic rings. The van der Waals surface area contributed by atoms with Crippen molar-refractivity contribution in [2.75, 3.05) is 37.7 Å². The zero-order valence-corrected chi connectivity index (χ0v) is 11.0. The fourth-order valence-electron chi connectivity index (χ4n) is 1.83. The van der Waals surface area contributed by atoms with E-state index in [0.717, 1.165) is 32.7 Å². The van der Waals surface area contributed by atoms with Crippen molar-refractivity contribution in [2.24, 2.45) is 5.73 Å². The summed E-state index contributed by atoms with van der Waals surface area (Å²) < 4.78 is 5.39. The van der Waals surface area contributed by atoms with Gasteiger partial charge in [0.05, 0.1) is 6.61 Å². The van der Waals surface area contributed by atoms with Gasteiger partial charge in [0.1, 0.15) is 0 Å². The van der Waals surface area contributed by atoms with Crippen molar-refractivity contribution in [3.63, 3.8) is 0 Å². The van der Waals surface area contributed by atoms with Crippen LogP contribution in [0.15, 0.2) is 24.3 Å². The van der Waals surface area contributed by atoms with Crippen molar-refractivity contribution < 1.29 is 4.74 Å². The largest absolute Gasteiger partial charge is 0.380 e. The molecular weight excluding hydrogens is 212 g/mol. The summed E-state index contributed by atoms with van der Waals surface area (Å²) in [6, 6.07) is 8.65. The van der Waals surface area contributed by atoms with Crippen LogP contribution in [0.25, 0.3) is 0 Å². The molecule has 0 fully saturated rings. The lowest BCUT2D eigenvalue weighted by molar-refractivity contribution is 0.154. The molecule has 0 spiro atoms. The summed E-state index contributed by atoms with van der Waals surface area (Å²) in [6.07, 6.45) is 0.950. The molecule has 0 heterocycles. The van der Waals surface area contributed by atoms with Crippen LogP contribution in [0, 0.1) is 0 Å². The molecule has 0 aliphatic heterocycles. The highest BCUT2D eigenvalue weighted by atomic mass is 16.5. The fourth-order valence-corrected chi connectivity index (χ4v) is 1.83. The van der Waals surface area contributed by atoms with E-state index in [4.69, 9.17) is 10.5 Å². The highest BCUT2D eigenvalue weighted by molar-refractivity contribution is 5.47. The van der Waals surface area contributed by atoms with Crippen LogP contribution >= 0.6 is 0 Å². The SMILES string of the molecule is CCOCCN(CC)c1ccc(CCN)cc1. The number of benzene rings is 1. The zero-order valence-electron chi connectivity index (χ0n) is 11.0. The van der Waals surface area contributed by atoms with E-state index in [1.807, 2.05) is 6.92 Å². The number of likely N-dealkylation sites (N-methyl/N-ethyl adjacent to an activating group) is 1. The van der Waals surface area contributed by atoms with E-state index in [9.17, 15) is 0 Å². The summed E-state index contributed by atoms with van der Waals surface area (Å²) in [7, 11) is 0. The van der Waals surface area contributed by atoms with E-state index < -0.39 is 0 Å². The predicted octanol–water partition coefficient (Wildman–Crippen LogP) is 2.05. The van der Waals surface area contributed by atoms with E-state index in [1.165, 1.54) is 11.3 Å². The molecule has 17 heavy (non-hydrogen) atoms. The number of hydrogen-bond donors (Lipinski definition) is 1. The fraction of sp³-hybridized carbons (Fsp3) is 0.571. The van der Waals surface area contributed by atoms with Crippen molar-refractivity contribution in [3.05, 3.63) is 29.8 Å². The van der Waals surface area contributed by atoms with Gasteiger partial charge in [-0.3, -0.25) is 0 Å². The summed E-state index contributed by atoms with van der Waals surface area (Å²) in [6.45, 7) is 8.42. The van der Waals surface area contributed by atoms with E-state index in [0.29, 0.717) is 6.54 Å². The Morgan fingerprint density at radius 1 is 1.18 bits per heavy atom. The van der Waals surface area contributed by atoms with E-state index in [2.05, 4.69) is 36.1 Å². The number of anilines is 1. The van der Waals surface area contributed by atoms with Gasteiger partial charge in [0, 0.05) is 25.4 Å². The molecule has 0 aromatic heterocycles. The first-order valence-corrected chi connectivity index (χ1v) is 6.43. The van der Waals surface area contributed by atoms with Gasteiger partial charge in [-0.1, -0.05) is 12.1 Å². The molecule has 0 bridgehead atoms. The molecule has 1 rings (SSSR count). The van der Waals surface area contributed by atoms with Crippen LogP contribution in [0.3, 0.4) is 0 Å². The smallest absolute Gasteiger partial charge is 0.0641 e.